The second-order valence-corrected chi connectivity index (χ2v) is 6.20. The van der Waals surface area contributed by atoms with E-state index in [1.54, 1.807) is 17.9 Å². The Bertz CT molecular complexity index is 867. The van der Waals surface area contributed by atoms with Crippen molar-refractivity contribution >= 4 is 0 Å². The van der Waals surface area contributed by atoms with Crippen molar-refractivity contribution in [1.82, 2.24) is 14.8 Å². The number of aromatic nitrogens is 3. The number of ether oxygens (including phenoxy) is 1. The van der Waals surface area contributed by atoms with Crippen molar-refractivity contribution in [2.45, 2.75) is 20.3 Å². The number of benzene rings is 2. The van der Waals surface area contributed by atoms with Gasteiger partial charge >= 0.3 is 0 Å². The molecule has 3 aromatic rings. The van der Waals surface area contributed by atoms with E-state index in [0.717, 1.165) is 0 Å². The smallest absolute Gasteiger partial charge is 0.171 e. The molecule has 0 saturated heterocycles. The summed E-state index contributed by atoms with van der Waals surface area (Å²) in [5.74, 6) is 1.90. The van der Waals surface area contributed by atoms with Crippen molar-refractivity contribution < 1.29 is 14.9 Å². The average molecular weight is 339 g/mol. The summed E-state index contributed by atoms with van der Waals surface area (Å²) in [5.41, 5.74) is 0.932. The van der Waals surface area contributed by atoms with Crippen LogP contribution in [0.15, 0.2) is 42.5 Å². The first-order valence-electron chi connectivity index (χ1n) is 8.12. The van der Waals surface area contributed by atoms with E-state index >= 15 is 0 Å². The Morgan fingerprint density at radius 2 is 1.72 bits per heavy atom. The Morgan fingerprint density at radius 1 is 1.04 bits per heavy atom. The number of hydrogen-bond donors (Lipinski definition) is 2. The Balaban J connectivity index is 2.25. The highest BCUT2D eigenvalue weighted by molar-refractivity contribution is 5.72. The van der Waals surface area contributed by atoms with Gasteiger partial charge in [0.1, 0.15) is 28.5 Å². The molecular weight excluding hydrogens is 318 g/mol. The molecule has 0 spiro atoms. The van der Waals surface area contributed by atoms with E-state index in [1.165, 1.54) is 12.1 Å². The molecule has 0 saturated carbocycles. The Morgan fingerprint density at radius 3 is 2.36 bits per heavy atom. The molecule has 0 aliphatic carbocycles. The lowest BCUT2D eigenvalue weighted by Gasteiger charge is -2.11. The predicted octanol–water partition coefficient (Wildman–Crippen LogP) is 3.55. The molecule has 6 heteroatoms. The van der Waals surface area contributed by atoms with Crippen LogP contribution in [0.2, 0.25) is 0 Å². The van der Waals surface area contributed by atoms with Crippen LogP contribution in [0.25, 0.3) is 17.1 Å². The van der Waals surface area contributed by atoms with Crippen LogP contribution in [0.5, 0.6) is 17.2 Å². The highest BCUT2D eigenvalue weighted by Gasteiger charge is 2.21. The maximum absolute atomic E-state index is 10.3. The van der Waals surface area contributed by atoms with Crippen LogP contribution in [0.1, 0.15) is 19.7 Å². The molecule has 0 fully saturated rings. The van der Waals surface area contributed by atoms with Crippen LogP contribution in [0, 0.1) is 5.92 Å². The van der Waals surface area contributed by atoms with Crippen LogP contribution in [0.4, 0.5) is 0 Å². The predicted molar refractivity (Wildman–Crippen MR) is 95.2 cm³/mol. The topological polar surface area (TPSA) is 80.4 Å². The number of methoxy groups -OCH3 is 1. The molecular formula is C19H21N3O3. The van der Waals surface area contributed by atoms with E-state index in [4.69, 9.17) is 4.74 Å². The normalized spacial score (nSPS) is 11.0. The summed E-state index contributed by atoms with van der Waals surface area (Å²) < 4.78 is 7.03. The lowest BCUT2D eigenvalue weighted by molar-refractivity contribution is 0.411. The first kappa shape index (κ1) is 16.8. The molecule has 25 heavy (non-hydrogen) atoms. The summed E-state index contributed by atoms with van der Waals surface area (Å²) in [5, 5.41) is 25.1. The van der Waals surface area contributed by atoms with Crippen molar-refractivity contribution in [3.63, 3.8) is 0 Å². The third kappa shape index (κ3) is 3.28. The summed E-state index contributed by atoms with van der Waals surface area (Å²) >= 11 is 0. The van der Waals surface area contributed by atoms with Crippen LogP contribution >= 0.6 is 0 Å². The molecule has 3 rings (SSSR count). The SMILES string of the molecule is COc1ccccc1-n1nc(CC(C)C)nc1-c1c(O)cccc1O. The van der Waals surface area contributed by atoms with Gasteiger partial charge in [-0.3, -0.25) is 0 Å². The minimum absolute atomic E-state index is 0.0559. The third-order valence-corrected chi connectivity index (χ3v) is 3.80. The zero-order valence-corrected chi connectivity index (χ0v) is 14.5. The Hall–Kier alpha value is -3.02. The molecule has 0 radical (unpaired) electrons. The van der Waals surface area contributed by atoms with Crippen molar-refractivity contribution in [3.8, 4) is 34.3 Å². The third-order valence-electron chi connectivity index (χ3n) is 3.80. The fourth-order valence-electron chi connectivity index (χ4n) is 2.70. The van der Waals surface area contributed by atoms with E-state index in [2.05, 4.69) is 23.9 Å². The molecule has 0 amide bonds. The van der Waals surface area contributed by atoms with E-state index < -0.39 is 0 Å². The Kier molecular flexibility index (Phi) is 4.61. The van der Waals surface area contributed by atoms with E-state index in [0.29, 0.717) is 35.4 Å². The number of phenolic OH excluding ortho intramolecular Hbond substituents is 2. The molecule has 1 heterocycles. The standard InChI is InChI=1S/C19H21N3O3/c1-12(2)11-17-20-19(18-14(23)8-6-9-15(18)24)22(21-17)13-7-4-5-10-16(13)25-3/h4-10,12,23-24H,11H2,1-3H3. The lowest BCUT2D eigenvalue weighted by Crippen LogP contribution is -2.03. The van der Waals surface area contributed by atoms with Gasteiger partial charge in [-0.25, -0.2) is 9.67 Å². The summed E-state index contributed by atoms with van der Waals surface area (Å²) in [6.45, 7) is 4.17. The van der Waals surface area contributed by atoms with Crippen LogP contribution < -0.4 is 4.74 Å². The van der Waals surface area contributed by atoms with E-state index in [1.807, 2.05) is 24.3 Å². The summed E-state index contributed by atoms with van der Waals surface area (Å²) in [7, 11) is 1.59. The number of hydrogen-bond acceptors (Lipinski definition) is 5. The summed E-state index contributed by atoms with van der Waals surface area (Å²) in [6.07, 6.45) is 0.684. The second kappa shape index (κ2) is 6.84. The maximum atomic E-state index is 10.3. The Labute approximate surface area is 146 Å². The molecule has 0 bridgehead atoms. The van der Waals surface area contributed by atoms with E-state index in [-0.39, 0.29) is 17.1 Å². The highest BCUT2D eigenvalue weighted by atomic mass is 16.5. The molecule has 0 unspecified atom stereocenters. The highest BCUT2D eigenvalue weighted by Crippen LogP contribution is 2.38. The van der Waals surface area contributed by atoms with Crippen LogP contribution in [-0.4, -0.2) is 32.1 Å². The minimum atomic E-state index is -0.0559. The van der Waals surface area contributed by atoms with Crippen LogP contribution in [-0.2, 0) is 6.42 Å². The van der Waals surface area contributed by atoms with Crippen molar-refractivity contribution in [3.05, 3.63) is 48.3 Å². The van der Waals surface area contributed by atoms with Gasteiger partial charge < -0.3 is 14.9 Å². The zero-order valence-electron chi connectivity index (χ0n) is 14.5. The molecule has 1 aromatic heterocycles. The largest absolute Gasteiger partial charge is 0.507 e. The second-order valence-electron chi connectivity index (χ2n) is 6.20. The van der Waals surface area contributed by atoms with Gasteiger partial charge in [-0.1, -0.05) is 32.0 Å². The number of aromatic hydroxyl groups is 2. The van der Waals surface area contributed by atoms with Gasteiger partial charge in [0.15, 0.2) is 11.6 Å². The monoisotopic (exact) mass is 339 g/mol. The van der Waals surface area contributed by atoms with Gasteiger partial charge in [-0.15, -0.1) is 0 Å². The van der Waals surface area contributed by atoms with Gasteiger partial charge in [0.2, 0.25) is 0 Å². The number of rotatable bonds is 5. The molecule has 0 aliphatic heterocycles. The van der Waals surface area contributed by atoms with Crippen molar-refractivity contribution in [1.29, 1.82) is 0 Å². The quantitative estimate of drug-likeness (QED) is 0.743. The number of nitrogens with zero attached hydrogens (tertiary/aromatic N) is 3. The molecule has 6 nitrogen and oxygen atoms in total. The van der Waals surface area contributed by atoms with Gasteiger partial charge in [-0.05, 0) is 30.2 Å². The molecule has 2 aromatic carbocycles. The van der Waals surface area contributed by atoms with Gasteiger partial charge in [0.05, 0.1) is 7.11 Å². The van der Waals surface area contributed by atoms with Gasteiger partial charge in [0.25, 0.3) is 0 Å². The maximum Gasteiger partial charge on any atom is 0.171 e. The summed E-state index contributed by atoms with van der Waals surface area (Å²) in [4.78, 5) is 4.57. The fraction of sp³-hybridized carbons (Fsp3) is 0.263. The fourth-order valence-corrected chi connectivity index (χ4v) is 2.70. The molecule has 0 aliphatic rings. The molecule has 2 N–H and O–H groups in total. The number of para-hydroxylation sites is 2. The minimum Gasteiger partial charge on any atom is -0.507 e. The molecule has 130 valence electrons. The van der Waals surface area contributed by atoms with Gasteiger partial charge in [0, 0.05) is 6.42 Å². The van der Waals surface area contributed by atoms with Crippen molar-refractivity contribution in [2.24, 2.45) is 5.92 Å². The number of phenols is 2. The lowest BCUT2D eigenvalue weighted by atomic mass is 10.1. The van der Waals surface area contributed by atoms with Gasteiger partial charge in [-0.2, -0.15) is 5.10 Å². The average Bonchev–Trinajstić information content (AvgIpc) is 2.97. The molecule has 0 atom stereocenters. The zero-order chi connectivity index (χ0) is 18.0. The first-order chi connectivity index (χ1) is 12.0. The summed E-state index contributed by atoms with van der Waals surface area (Å²) in [6, 6.07) is 12.0. The van der Waals surface area contributed by atoms with E-state index in [9.17, 15) is 10.2 Å². The van der Waals surface area contributed by atoms with Crippen LogP contribution in [0.3, 0.4) is 0 Å². The first-order valence-corrected chi connectivity index (χ1v) is 8.12. The van der Waals surface area contributed by atoms with Crippen molar-refractivity contribution in [2.75, 3.05) is 7.11 Å².